The summed E-state index contributed by atoms with van der Waals surface area (Å²) in [5, 5.41) is 11.3. The fourth-order valence-corrected chi connectivity index (χ4v) is 4.57. The average Bonchev–Trinajstić information content (AvgIpc) is 3.12. The van der Waals surface area contributed by atoms with Crippen LogP contribution in [0.3, 0.4) is 0 Å². The van der Waals surface area contributed by atoms with Gasteiger partial charge >= 0.3 is 0 Å². The lowest BCUT2D eigenvalue weighted by molar-refractivity contribution is -0.384. The number of hydrogen-bond acceptors (Lipinski definition) is 7. The lowest BCUT2D eigenvalue weighted by atomic mass is 10.2. The van der Waals surface area contributed by atoms with Crippen molar-refractivity contribution in [3.63, 3.8) is 0 Å². The summed E-state index contributed by atoms with van der Waals surface area (Å²) in [4.78, 5) is 32.4. The number of benzene rings is 2. The van der Waals surface area contributed by atoms with E-state index in [0.29, 0.717) is 17.9 Å². The summed E-state index contributed by atoms with van der Waals surface area (Å²) in [6, 6.07) is 8.73. The van der Waals surface area contributed by atoms with Gasteiger partial charge < -0.3 is 4.57 Å². The highest BCUT2D eigenvalue weighted by atomic mass is 32.2. The van der Waals surface area contributed by atoms with E-state index in [4.69, 9.17) is 0 Å². The number of non-ortho nitro benzene ring substituents is 1. The van der Waals surface area contributed by atoms with Crippen molar-refractivity contribution in [3.05, 3.63) is 69.0 Å². The van der Waals surface area contributed by atoms with Crippen molar-refractivity contribution < 1.29 is 13.3 Å². The first kappa shape index (κ1) is 22.6. The molecule has 0 fully saturated rings. The highest BCUT2D eigenvalue weighted by molar-refractivity contribution is 7.89. The van der Waals surface area contributed by atoms with Crippen molar-refractivity contribution in [1.82, 2.24) is 23.4 Å². The highest BCUT2D eigenvalue weighted by Gasteiger charge is 2.20. The van der Waals surface area contributed by atoms with Crippen LogP contribution in [0.5, 0.6) is 0 Å². The van der Waals surface area contributed by atoms with E-state index in [1.54, 1.807) is 12.1 Å². The van der Waals surface area contributed by atoms with Crippen molar-refractivity contribution >= 4 is 37.6 Å². The van der Waals surface area contributed by atoms with Crippen LogP contribution in [0.2, 0.25) is 0 Å². The van der Waals surface area contributed by atoms with Crippen molar-refractivity contribution in [2.45, 2.75) is 31.3 Å². The quantitative estimate of drug-likeness (QED) is 0.299. The average molecular weight is 471 g/mol. The standard InChI is InChI=1S/C21H22N6O5S/c1-4-9-26-19-8-6-15(33(31,32)24(2)3)11-18(19)23-20(26)12-25-13-22-17-10-14(27(29)30)5-7-16(17)21(25)28/h5-8,10-11,13H,4,9,12H2,1-3H3. The van der Waals surface area contributed by atoms with Crippen LogP contribution in [0.1, 0.15) is 19.2 Å². The Bertz CT molecular complexity index is 1550. The van der Waals surface area contributed by atoms with E-state index in [-0.39, 0.29) is 33.6 Å². The second-order valence-electron chi connectivity index (χ2n) is 7.75. The Hall–Kier alpha value is -3.64. The Kier molecular flexibility index (Phi) is 5.72. The Balaban J connectivity index is 1.80. The van der Waals surface area contributed by atoms with Gasteiger partial charge in [-0.2, -0.15) is 0 Å². The smallest absolute Gasteiger partial charge is 0.271 e. The van der Waals surface area contributed by atoms with E-state index < -0.39 is 14.9 Å². The van der Waals surface area contributed by atoms with Gasteiger partial charge in [-0.05, 0) is 30.7 Å². The van der Waals surface area contributed by atoms with E-state index >= 15 is 0 Å². The fraction of sp³-hybridized carbons (Fsp3) is 0.286. The lowest BCUT2D eigenvalue weighted by Crippen LogP contribution is -2.23. The molecule has 0 amide bonds. The third-order valence-electron chi connectivity index (χ3n) is 5.36. The van der Waals surface area contributed by atoms with Gasteiger partial charge in [-0.3, -0.25) is 19.5 Å². The topological polar surface area (TPSA) is 133 Å². The molecule has 0 bridgehead atoms. The Morgan fingerprint density at radius 1 is 1.12 bits per heavy atom. The Morgan fingerprint density at radius 3 is 2.55 bits per heavy atom. The van der Waals surface area contributed by atoms with E-state index in [1.165, 1.54) is 49.3 Å². The van der Waals surface area contributed by atoms with Crippen molar-refractivity contribution in [2.24, 2.45) is 0 Å². The zero-order chi connectivity index (χ0) is 23.9. The number of fused-ring (bicyclic) bond motifs is 2. The molecule has 0 saturated carbocycles. The van der Waals surface area contributed by atoms with Crippen molar-refractivity contribution in [2.75, 3.05) is 14.1 Å². The number of hydrogen-bond donors (Lipinski definition) is 0. The molecule has 11 nitrogen and oxygen atoms in total. The maximum Gasteiger partial charge on any atom is 0.271 e. The molecular formula is C21H22N6O5S. The van der Waals surface area contributed by atoms with Crippen molar-refractivity contribution in [3.8, 4) is 0 Å². The zero-order valence-electron chi connectivity index (χ0n) is 18.3. The van der Waals surface area contributed by atoms with Crippen LogP contribution in [0.25, 0.3) is 21.9 Å². The third-order valence-corrected chi connectivity index (χ3v) is 7.17. The Labute approximate surface area is 189 Å². The summed E-state index contributed by atoms with van der Waals surface area (Å²) < 4.78 is 29.5. The second kappa shape index (κ2) is 8.37. The van der Waals surface area contributed by atoms with Crippen LogP contribution < -0.4 is 5.56 Å². The predicted molar refractivity (Wildman–Crippen MR) is 123 cm³/mol. The number of nitrogens with zero attached hydrogens (tertiary/aromatic N) is 6. The normalized spacial score (nSPS) is 12.1. The number of rotatable bonds is 7. The summed E-state index contributed by atoms with van der Waals surface area (Å²) in [5.41, 5.74) is 1.04. The maximum absolute atomic E-state index is 13.0. The van der Waals surface area contributed by atoms with Gasteiger partial charge in [0.1, 0.15) is 5.82 Å². The molecule has 2 aromatic carbocycles. The largest absolute Gasteiger partial charge is 0.326 e. The molecule has 0 aliphatic heterocycles. The molecule has 0 saturated heterocycles. The molecule has 0 radical (unpaired) electrons. The second-order valence-corrected chi connectivity index (χ2v) is 9.91. The van der Waals surface area contributed by atoms with E-state index in [9.17, 15) is 23.3 Å². The summed E-state index contributed by atoms with van der Waals surface area (Å²) in [5.74, 6) is 0.580. The van der Waals surface area contributed by atoms with Gasteiger partial charge in [0, 0.05) is 32.8 Å². The summed E-state index contributed by atoms with van der Waals surface area (Å²) in [6.07, 6.45) is 2.15. The molecule has 0 N–H and O–H groups in total. The van der Waals surface area contributed by atoms with Gasteiger partial charge in [-0.25, -0.2) is 22.7 Å². The molecule has 0 aliphatic carbocycles. The minimum Gasteiger partial charge on any atom is -0.326 e. The van der Waals surface area contributed by atoms with E-state index in [2.05, 4.69) is 9.97 Å². The molecule has 172 valence electrons. The van der Waals surface area contributed by atoms with Crippen LogP contribution in [0.15, 0.2) is 52.4 Å². The minimum absolute atomic E-state index is 0.114. The molecular weight excluding hydrogens is 448 g/mol. The van der Waals surface area contributed by atoms with Gasteiger partial charge in [-0.15, -0.1) is 0 Å². The SMILES string of the molecule is CCCn1c(Cn2cnc3cc([N+](=O)[O-])ccc3c2=O)nc2cc(S(=O)(=O)N(C)C)ccc21. The van der Waals surface area contributed by atoms with Crippen LogP contribution in [-0.2, 0) is 23.1 Å². The van der Waals surface area contributed by atoms with Crippen molar-refractivity contribution in [1.29, 1.82) is 0 Å². The molecule has 2 aromatic heterocycles. The third kappa shape index (κ3) is 3.98. The first-order chi connectivity index (χ1) is 15.6. The number of sulfonamides is 1. The molecule has 0 atom stereocenters. The number of aryl methyl sites for hydroxylation is 1. The molecule has 0 aliphatic rings. The van der Waals surface area contributed by atoms with Crippen LogP contribution in [0.4, 0.5) is 5.69 Å². The van der Waals surface area contributed by atoms with Crippen LogP contribution >= 0.6 is 0 Å². The molecule has 0 unspecified atom stereocenters. The highest BCUT2D eigenvalue weighted by Crippen LogP contribution is 2.23. The molecule has 0 spiro atoms. The number of aromatic nitrogens is 4. The van der Waals surface area contributed by atoms with Gasteiger partial charge in [0.25, 0.3) is 11.2 Å². The van der Waals surface area contributed by atoms with Crippen LogP contribution in [-0.4, -0.2) is 50.8 Å². The lowest BCUT2D eigenvalue weighted by Gasteiger charge is -2.11. The molecule has 12 heteroatoms. The van der Waals surface area contributed by atoms with Gasteiger partial charge in [0.15, 0.2) is 0 Å². The Morgan fingerprint density at radius 2 is 1.88 bits per heavy atom. The summed E-state index contributed by atoms with van der Waals surface area (Å²) in [7, 11) is -0.680. The predicted octanol–water partition coefficient (Wildman–Crippen LogP) is 2.36. The zero-order valence-corrected chi connectivity index (χ0v) is 19.1. The molecule has 4 aromatic rings. The first-order valence-electron chi connectivity index (χ1n) is 10.2. The summed E-state index contributed by atoms with van der Waals surface area (Å²) in [6.45, 7) is 2.76. The number of nitro benzene ring substituents is 1. The molecule has 2 heterocycles. The van der Waals surface area contributed by atoms with Gasteiger partial charge in [0.2, 0.25) is 10.0 Å². The number of nitro groups is 1. The maximum atomic E-state index is 13.0. The van der Waals surface area contributed by atoms with Gasteiger partial charge in [-0.1, -0.05) is 6.92 Å². The van der Waals surface area contributed by atoms with Crippen LogP contribution in [0, 0.1) is 10.1 Å². The fourth-order valence-electron chi connectivity index (χ4n) is 3.65. The molecule has 33 heavy (non-hydrogen) atoms. The first-order valence-corrected chi connectivity index (χ1v) is 11.6. The van der Waals surface area contributed by atoms with Gasteiger partial charge in [0.05, 0.1) is 44.6 Å². The minimum atomic E-state index is -3.61. The monoisotopic (exact) mass is 470 g/mol. The molecule has 4 rings (SSSR count). The van der Waals surface area contributed by atoms with E-state index in [1.807, 2.05) is 11.5 Å². The summed E-state index contributed by atoms with van der Waals surface area (Å²) >= 11 is 0. The number of imidazole rings is 1. The van der Waals surface area contributed by atoms with E-state index in [0.717, 1.165) is 16.2 Å².